The van der Waals surface area contributed by atoms with Gasteiger partial charge in [-0.15, -0.1) is 0 Å². The lowest BCUT2D eigenvalue weighted by atomic mass is 10.1. The van der Waals surface area contributed by atoms with Crippen LogP contribution < -0.4 is 4.90 Å². The van der Waals surface area contributed by atoms with E-state index in [1.54, 1.807) is 12.0 Å². The molecule has 136 valence electrons. The molecule has 0 saturated carbocycles. The number of methoxy groups -OCH3 is 1. The fraction of sp³-hybridized carbons (Fsp3) is 0.611. The highest BCUT2D eigenvalue weighted by Crippen LogP contribution is 2.21. The van der Waals surface area contributed by atoms with Crippen molar-refractivity contribution in [2.45, 2.75) is 13.3 Å². The summed E-state index contributed by atoms with van der Waals surface area (Å²) in [5.74, 6) is 0.907. The second-order valence-electron chi connectivity index (χ2n) is 6.68. The van der Waals surface area contributed by atoms with Crippen molar-refractivity contribution >= 4 is 17.6 Å². The first-order chi connectivity index (χ1) is 12.1. The summed E-state index contributed by atoms with van der Waals surface area (Å²) < 4.78 is 5.03. The monoisotopic (exact) mass is 346 g/mol. The number of rotatable bonds is 5. The zero-order chi connectivity index (χ0) is 17.8. The van der Waals surface area contributed by atoms with Gasteiger partial charge in [0.15, 0.2) is 0 Å². The fourth-order valence-corrected chi connectivity index (χ4v) is 3.47. The van der Waals surface area contributed by atoms with Crippen molar-refractivity contribution in [2.75, 3.05) is 57.9 Å². The number of aromatic nitrogens is 1. The number of likely N-dealkylation sites (tertiary alicyclic amines) is 1. The van der Waals surface area contributed by atoms with E-state index in [-0.39, 0.29) is 17.7 Å². The number of aryl methyl sites for hydroxylation is 1. The zero-order valence-corrected chi connectivity index (χ0v) is 15.0. The largest absolute Gasteiger partial charge is 0.383 e. The molecule has 0 N–H and O–H groups in total. The summed E-state index contributed by atoms with van der Waals surface area (Å²) >= 11 is 0. The van der Waals surface area contributed by atoms with Crippen molar-refractivity contribution in [1.29, 1.82) is 0 Å². The molecule has 0 bridgehead atoms. The van der Waals surface area contributed by atoms with Crippen molar-refractivity contribution in [3.63, 3.8) is 0 Å². The number of amides is 2. The topological polar surface area (TPSA) is 66.0 Å². The Morgan fingerprint density at radius 2 is 2.04 bits per heavy atom. The SMILES string of the molecule is COCCN1CC(C(=O)N2CCN(c3cccc(C)n3)CC2)CC1=O. The van der Waals surface area contributed by atoms with E-state index in [1.165, 1.54) is 0 Å². The number of carbonyl (C=O) groups is 2. The lowest BCUT2D eigenvalue weighted by Gasteiger charge is -2.36. The molecular formula is C18H26N4O3. The quantitative estimate of drug-likeness (QED) is 0.778. The first-order valence-corrected chi connectivity index (χ1v) is 8.82. The van der Waals surface area contributed by atoms with Gasteiger partial charge in [-0.2, -0.15) is 0 Å². The maximum Gasteiger partial charge on any atom is 0.228 e. The summed E-state index contributed by atoms with van der Waals surface area (Å²) in [6, 6.07) is 6.00. The van der Waals surface area contributed by atoms with Crippen LogP contribution in [0.15, 0.2) is 18.2 Å². The summed E-state index contributed by atoms with van der Waals surface area (Å²) in [5.41, 5.74) is 0.997. The summed E-state index contributed by atoms with van der Waals surface area (Å²) in [7, 11) is 1.62. The van der Waals surface area contributed by atoms with Crippen LogP contribution >= 0.6 is 0 Å². The Morgan fingerprint density at radius 3 is 2.72 bits per heavy atom. The zero-order valence-electron chi connectivity index (χ0n) is 15.0. The number of anilines is 1. The number of carbonyl (C=O) groups excluding carboxylic acids is 2. The lowest BCUT2D eigenvalue weighted by molar-refractivity contribution is -0.136. The van der Waals surface area contributed by atoms with Gasteiger partial charge in [-0.05, 0) is 19.1 Å². The average molecular weight is 346 g/mol. The molecule has 25 heavy (non-hydrogen) atoms. The molecule has 7 heteroatoms. The highest BCUT2D eigenvalue weighted by atomic mass is 16.5. The molecule has 2 fully saturated rings. The second kappa shape index (κ2) is 7.82. The van der Waals surface area contributed by atoms with Crippen LogP contribution in [-0.2, 0) is 14.3 Å². The smallest absolute Gasteiger partial charge is 0.228 e. The number of nitrogens with zero attached hydrogens (tertiary/aromatic N) is 4. The molecular weight excluding hydrogens is 320 g/mol. The third kappa shape index (κ3) is 4.10. The summed E-state index contributed by atoms with van der Waals surface area (Å²) in [6.45, 7) is 6.47. The van der Waals surface area contributed by atoms with E-state index in [1.807, 2.05) is 30.0 Å². The average Bonchev–Trinajstić information content (AvgIpc) is 3.00. The molecule has 2 aliphatic heterocycles. The van der Waals surface area contributed by atoms with Gasteiger partial charge in [0, 0.05) is 58.5 Å². The molecule has 1 aromatic rings. The summed E-state index contributed by atoms with van der Waals surface area (Å²) in [4.78, 5) is 35.2. The normalized spacial score (nSPS) is 21.1. The first-order valence-electron chi connectivity index (χ1n) is 8.82. The van der Waals surface area contributed by atoms with Crippen molar-refractivity contribution in [2.24, 2.45) is 5.92 Å². The van der Waals surface area contributed by atoms with Gasteiger partial charge in [0.2, 0.25) is 11.8 Å². The molecule has 3 heterocycles. The van der Waals surface area contributed by atoms with Crippen LogP contribution in [0.3, 0.4) is 0 Å². The molecule has 3 rings (SSSR count). The summed E-state index contributed by atoms with van der Waals surface area (Å²) in [5, 5.41) is 0. The van der Waals surface area contributed by atoms with E-state index >= 15 is 0 Å². The van der Waals surface area contributed by atoms with Crippen molar-refractivity contribution in [1.82, 2.24) is 14.8 Å². The number of ether oxygens (including phenoxy) is 1. The Hall–Kier alpha value is -2.15. The minimum Gasteiger partial charge on any atom is -0.383 e. The molecule has 2 saturated heterocycles. The maximum absolute atomic E-state index is 12.7. The first kappa shape index (κ1) is 17.7. The second-order valence-corrected chi connectivity index (χ2v) is 6.68. The van der Waals surface area contributed by atoms with Crippen LogP contribution in [0.2, 0.25) is 0 Å². The number of pyridine rings is 1. The van der Waals surface area contributed by atoms with Gasteiger partial charge in [0.1, 0.15) is 5.82 Å². The van der Waals surface area contributed by atoms with Crippen LogP contribution in [0.25, 0.3) is 0 Å². The van der Waals surface area contributed by atoms with Gasteiger partial charge < -0.3 is 19.4 Å². The standard InChI is InChI=1S/C18H26N4O3/c1-14-4-3-5-16(19-14)20-6-8-21(9-7-20)18(24)15-12-17(23)22(13-15)10-11-25-2/h3-5,15H,6-13H2,1-2H3. The minimum absolute atomic E-state index is 0.0537. The van der Waals surface area contributed by atoms with E-state index in [0.29, 0.717) is 39.2 Å². The van der Waals surface area contributed by atoms with Gasteiger partial charge in [0.25, 0.3) is 0 Å². The minimum atomic E-state index is -0.215. The molecule has 1 unspecified atom stereocenters. The Labute approximate surface area is 148 Å². The van der Waals surface area contributed by atoms with Crippen molar-refractivity contribution < 1.29 is 14.3 Å². The third-order valence-electron chi connectivity index (χ3n) is 4.92. The molecule has 0 aromatic carbocycles. The van der Waals surface area contributed by atoms with Crippen LogP contribution in [0.4, 0.5) is 5.82 Å². The molecule has 0 spiro atoms. The van der Waals surface area contributed by atoms with Crippen LogP contribution in [-0.4, -0.2) is 79.6 Å². The molecule has 2 aliphatic rings. The highest BCUT2D eigenvalue weighted by molar-refractivity contribution is 5.89. The molecule has 2 amide bonds. The van der Waals surface area contributed by atoms with Crippen LogP contribution in [0.5, 0.6) is 0 Å². The van der Waals surface area contributed by atoms with E-state index in [4.69, 9.17) is 4.74 Å². The number of hydrogen-bond acceptors (Lipinski definition) is 5. The van der Waals surface area contributed by atoms with E-state index < -0.39 is 0 Å². The van der Waals surface area contributed by atoms with Crippen molar-refractivity contribution in [3.05, 3.63) is 23.9 Å². The molecule has 1 atom stereocenters. The van der Waals surface area contributed by atoms with Crippen molar-refractivity contribution in [3.8, 4) is 0 Å². The Kier molecular flexibility index (Phi) is 5.53. The van der Waals surface area contributed by atoms with Gasteiger partial charge in [-0.25, -0.2) is 4.98 Å². The fourth-order valence-electron chi connectivity index (χ4n) is 3.47. The molecule has 1 aromatic heterocycles. The predicted octanol–water partition coefficient (Wildman–Crippen LogP) is 0.534. The Morgan fingerprint density at radius 1 is 1.28 bits per heavy atom. The van der Waals surface area contributed by atoms with Gasteiger partial charge >= 0.3 is 0 Å². The van der Waals surface area contributed by atoms with Gasteiger partial charge in [0.05, 0.1) is 12.5 Å². The van der Waals surface area contributed by atoms with E-state index in [9.17, 15) is 9.59 Å². The predicted molar refractivity (Wildman–Crippen MR) is 94.3 cm³/mol. The van der Waals surface area contributed by atoms with Crippen LogP contribution in [0, 0.1) is 12.8 Å². The van der Waals surface area contributed by atoms with E-state index in [2.05, 4.69) is 9.88 Å². The summed E-state index contributed by atoms with van der Waals surface area (Å²) in [6.07, 6.45) is 0.322. The van der Waals surface area contributed by atoms with E-state index in [0.717, 1.165) is 24.6 Å². The molecule has 7 nitrogen and oxygen atoms in total. The third-order valence-corrected chi connectivity index (χ3v) is 4.92. The Bertz CT molecular complexity index is 629. The number of hydrogen-bond donors (Lipinski definition) is 0. The molecule has 0 aliphatic carbocycles. The van der Waals surface area contributed by atoms with Gasteiger partial charge in [-0.3, -0.25) is 9.59 Å². The highest BCUT2D eigenvalue weighted by Gasteiger charge is 2.37. The lowest BCUT2D eigenvalue weighted by Crippen LogP contribution is -2.51. The Balaban J connectivity index is 1.53. The van der Waals surface area contributed by atoms with Gasteiger partial charge in [-0.1, -0.05) is 6.07 Å². The van der Waals surface area contributed by atoms with Crippen LogP contribution in [0.1, 0.15) is 12.1 Å². The number of piperazine rings is 1. The maximum atomic E-state index is 12.7. The molecule has 0 radical (unpaired) electrons.